The summed E-state index contributed by atoms with van der Waals surface area (Å²) >= 11 is 3.26. The van der Waals surface area contributed by atoms with Crippen LogP contribution in [0.5, 0.6) is 0 Å². The molecule has 0 aliphatic heterocycles. The van der Waals surface area contributed by atoms with E-state index in [4.69, 9.17) is 0 Å². The van der Waals surface area contributed by atoms with Crippen molar-refractivity contribution >= 4 is 45.1 Å². The number of nitrogens with one attached hydrogen (secondary N) is 1. The largest absolute Gasteiger partial charge is 0.480 e. The first-order chi connectivity index (χ1) is 9.93. The van der Waals surface area contributed by atoms with Crippen molar-refractivity contribution in [2.24, 2.45) is 0 Å². The molecule has 0 fully saturated rings. The molecule has 21 heavy (non-hydrogen) atoms. The molecule has 2 aromatic heterocycles. The average molecular weight is 325 g/mol. The first-order valence-corrected chi connectivity index (χ1v) is 8.87. The number of thiophene rings is 1. The fourth-order valence-electron chi connectivity index (χ4n) is 2.12. The second-order valence-electron chi connectivity index (χ2n) is 4.90. The molecule has 0 spiro atoms. The van der Waals surface area contributed by atoms with Crippen molar-refractivity contribution in [3.63, 3.8) is 0 Å². The molecular weight excluding hydrogens is 306 g/mol. The van der Waals surface area contributed by atoms with E-state index in [9.17, 15) is 9.90 Å². The third kappa shape index (κ3) is 3.47. The average Bonchev–Trinajstić information content (AvgIpc) is 2.69. The number of thioether (sulfide) groups is 1. The molecule has 0 amide bonds. The molecule has 0 radical (unpaired) electrons. The Hall–Kier alpha value is -1.34. The lowest BCUT2D eigenvalue weighted by Gasteiger charge is -2.16. The summed E-state index contributed by atoms with van der Waals surface area (Å²) < 4.78 is 0. The highest BCUT2D eigenvalue weighted by molar-refractivity contribution is 7.98. The molecule has 0 bridgehead atoms. The smallest absolute Gasteiger partial charge is 0.326 e. The lowest BCUT2D eigenvalue weighted by molar-refractivity contribution is -0.137. The molecule has 7 heteroatoms. The molecule has 0 saturated carbocycles. The summed E-state index contributed by atoms with van der Waals surface area (Å²) in [7, 11) is 0. The maximum atomic E-state index is 11.4. The van der Waals surface area contributed by atoms with E-state index in [0.717, 1.165) is 21.5 Å². The second kappa shape index (κ2) is 6.62. The number of rotatable bonds is 6. The highest BCUT2D eigenvalue weighted by Gasteiger charge is 2.20. The number of carbonyl (C=O) groups is 1. The fraction of sp³-hybridized carbons (Fsp3) is 0.500. The molecule has 0 saturated heterocycles. The Labute approximate surface area is 132 Å². The number of aromatic nitrogens is 2. The van der Waals surface area contributed by atoms with Gasteiger partial charge in [0.15, 0.2) is 0 Å². The third-order valence-electron chi connectivity index (χ3n) is 3.36. The Morgan fingerprint density at radius 3 is 2.71 bits per heavy atom. The van der Waals surface area contributed by atoms with Crippen LogP contribution in [0.2, 0.25) is 0 Å². The molecule has 0 aliphatic carbocycles. The van der Waals surface area contributed by atoms with Crippen LogP contribution < -0.4 is 5.32 Å². The number of anilines is 1. The van der Waals surface area contributed by atoms with Crippen molar-refractivity contribution in [1.29, 1.82) is 0 Å². The van der Waals surface area contributed by atoms with E-state index in [0.29, 0.717) is 18.1 Å². The van der Waals surface area contributed by atoms with E-state index in [1.165, 1.54) is 4.88 Å². The van der Waals surface area contributed by atoms with E-state index < -0.39 is 12.0 Å². The number of fused-ring (bicyclic) bond motifs is 1. The zero-order chi connectivity index (χ0) is 15.6. The predicted octanol–water partition coefficient (Wildman–Crippen LogP) is 3.23. The van der Waals surface area contributed by atoms with Crippen molar-refractivity contribution in [2.75, 3.05) is 17.3 Å². The predicted molar refractivity (Wildman–Crippen MR) is 89.7 cm³/mol. The van der Waals surface area contributed by atoms with Crippen molar-refractivity contribution < 1.29 is 9.90 Å². The van der Waals surface area contributed by atoms with Crippen molar-refractivity contribution in [1.82, 2.24) is 9.97 Å². The first kappa shape index (κ1) is 16.0. The van der Waals surface area contributed by atoms with Gasteiger partial charge in [0.2, 0.25) is 0 Å². The van der Waals surface area contributed by atoms with E-state index in [2.05, 4.69) is 15.3 Å². The number of carboxylic acids is 1. The van der Waals surface area contributed by atoms with Gasteiger partial charge in [0.25, 0.3) is 0 Å². The summed E-state index contributed by atoms with van der Waals surface area (Å²) in [5.41, 5.74) is 1.12. The quantitative estimate of drug-likeness (QED) is 0.849. The van der Waals surface area contributed by atoms with Gasteiger partial charge >= 0.3 is 5.97 Å². The van der Waals surface area contributed by atoms with Crippen LogP contribution in [-0.4, -0.2) is 39.1 Å². The van der Waals surface area contributed by atoms with Crippen LogP contribution in [0.15, 0.2) is 0 Å². The zero-order valence-corrected chi connectivity index (χ0v) is 14.2. The number of carboxylic acid groups (broad SMARTS) is 1. The molecule has 2 N–H and O–H groups in total. The highest BCUT2D eigenvalue weighted by atomic mass is 32.2. The maximum absolute atomic E-state index is 11.4. The molecule has 1 unspecified atom stereocenters. The normalized spacial score (nSPS) is 12.6. The van der Waals surface area contributed by atoms with Gasteiger partial charge in [0, 0.05) is 4.88 Å². The van der Waals surface area contributed by atoms with Crippen molar-refractivity contribution in [2.45, 2.75) is 33.2 Å². The number of aryl methyl sites for hydroxylation is 3. The Morgan fingerprint density at radius 1 is 1.38 bits per heavy atom. The number of hydrogen-bond donors (Lipinski definition) is 2. The molecule has 2 heterocycles. The number of nitrogens with zero attached hydrogens (tertiary/aromatic N) is 2. The van der Waals surface area contributed by atoms with E-state index in [1.54, 1.807) is 23.1 Å². The van der Waals surface area contributed by atoms with Crippen LogP contribution in [0.4, 0.5) is 5.82 Å². The van der Waals surface area contributed by atoms with Gasteiger partial charge < -0.3 is 10.4 Å². The molecule has 2 aromatic rings. The summed E-state index contributed by atoms with van der Waals surface area (Å²) in [4.78, 5) is 22.4. The van der Waals surface area contributed by atoms with Crippen LogP contribution in [0.25, 0.3) is 10.2 Å². The molecule has 0 aliphatic rings. The molecule has 0 aromatic carbocycles. The number of hydrogen-bond acceptors (Lipinski definition) is 6. The molecular formula is C14H19N3O2S2. The summed E-state index contributed by atoms with van der Waals surface area (Å²) in [6.45, 7) is 5.89. The van der Waals surface area contributed by atoms with Gasteiger partial charge in [-0.25, -0.2) is 14.8 Å². The highest BCUT2D eigenvalue weighted by Crippen LogP contribution is 2.33. The lowest BCUT2D eigenvalue weighted by Crippen LogP contribution is -2.30. The Bertz CT molecular complexity index is 670. The van der Waals surface area contributed by atoms with Crippen molar-refractivity contribution in [3.05, 3.63) is 16.3 Å². The van der Waals surface area contributed by atoms with Crippen LogP contribution in [0.3, 0.4) is 0 Å². The molecule has 114 valence electrons. The summed E-state index contributed by atoms with van der Waals surface area (Å²) in [6, 6.07) is -0.630. The fourth-order valence-corrected chi connectivity index (χ4v) is 3.67. The third-order valence-corrected chi connectivity index (χ3v) is 5.11. The Balaban J connectivity index is 2.42. The minimum Gasteiger partial charge on any atom is -0.480 e. The molecule has 5 nitrogen and oxygen atoms in total. The van der Waals surface area contributed by atoms with Gasteiger partial charge in [0.05, 0.1) is 5.39 Å². The van der Waals surface area contributed by atoms with Gasteiger partial charge in [-0.2, -0.15) is 11.8 Å². The minimum atomic E-state index is -0.849. The van der Waals surface area contributed by atoms with Gasteiger partial charge in [-0.05, 0) is 44.8 Å². The molecule has 2 rings (SSSR count). The maximum Gasteiger partial charge on any atom is 0.326 e. The van der Waals surface area contributed by atoms with Gasteiger partial charge in [0.1, 0.15) is 22.5 Å². The second-order valence-corrected chi connectivity index (χ2v) is 7.09. The van der Waals surface area contributed by atoms with E-state index in [-0.39, 0.29) is 0 Å². The van der Waals surface area contributed by atoms with Gasteiger partial charge in [-0.15, -0.1) is 11.3 Å². The first-order valence-electron chi connectivity index (χ1n) is 6.66. The summed E-state index contributed by atoms with van der Waals surface area (Å²) in [5, 5.41) is 13.4. The summed E-state index contributed by atoms with van der Waals surface area (Å²) in [6.07, 6.45) is 2.53. The van der Waals surface area contributed by atoms with Gasteiger partial charge in [-0.3, -0.25) is 0 Å². The monoisotopic (exact) mass is 325 g/mol. The van der Waals surface area contributed by atoms with Crippen molar-refractivity contribution in [3.8, 4) is 0 Å². The van der Waals surface area contributed by atoms with Gasteiger partial charge in [-0.1, -0.05) is 0 Å². The zero-order valence-electron chi connectivity index (χ0n) is 12.6. The van der Waals surface area contributed by atoms with E-state index in [1.807, 2.05) is 27.0 Å². The lowest BCUT2D eigenvalue weighted by atomic mass is 10.2. The summed E-state index contributed by atoms with van der Waals surface area (Å²) in [5.74, 6) is 1.23. The van der Waals surface area contributed by atoms with Crippen LogP contribution in [0, 0.1) is 20.8 Å². The Morgan fingerprint density at radius 2 is 2.10 bits per heavy atom. The minimum absolute atomic E-state index is 0.559. The topological polar surface area (TPSA) is 75.1 Å². The SMILES string of the molecule is CSCCC(Nc1nc(C)nc2sc(C)c(C)c12)C(=O)O. The van der Waals surface area contributed by atoms with Crippen LogP contribution in [0.1, 0.15) is 22.7 Å². The van der Waals surface area contributed by atoms with E-state index >= 15 is 0 Å². The van der Waals surface area contributed by atoms with Crippen LogP contribution in [-0.2, 0) is 4.79 Å². The Kier molecular flexibility index (Phi) is 5.05. The van der Waals surface area contributed by atoms with Crippen LogP contribution >= 0.6 is 23.1 Å². The standard InChI is InChI=1S/C14H19N3O2S2/c1-7-8(2)21-13-11(7)12(15-9(3)16-13)17-10(14(18)19)5-6-20-4/h10H,5-6H2,1-4H3,(H,18,19)(H,15,16,17). The number of aliphatic carboxylic acids is 1. The molecule has 1 atom stereocenters.